The van der Waals surface area contributed by atoms with Crippen molar-refractivity contribution in [1.82, 2.24) is 0 Å². The standard InChI is InChI=1S/C20H26NO5P/c1-3-25-27(24,26-4-2)14-13-20(23)21(16-17-9-6-5-7-10-17)18-11-8-12-19(22)15-18/h5-12,15,22H,3-4,13-14,16H2,1-2H3. The van der Waals surface area contributed by atoms with Gasteiger partial charge in [0, 0.05) is 18.2 Å². The second-order valence-corrected chi connectivity index (χ2v) is 8.09. The molecule has 1 N–H and O–H groups in total. The summed E-state index contributed by atoms with van der Waals surface area (Å²) in [6.45, 7) is 4.33. The highest BCUT2D eigenvalue weighted by Gasteiger charge is 2.27. The smallest absolute Gasteiger partial charge is 0.331 e. The molecule has 27 heavy (non-hydrogen) atoms. The van der Waals surface area contributed by atoms with Gasteiger partial charge in [0.25, 0.3) is 0 Å². The molecule has 0 aliphatic heterocycles. The molecule has 6 nitrogen and oxygen atoms in total. The highest BCUT2D eigenvalue weighted by atomic mass is 31.2. The van der Waals surface area contributed by atoms with Gasteiger partial charge in [-0.05, 0) is 31.5 Å². The Kier molecular flexibility index (Phi) is 8.04. The van der Waals surface area contributed by atoms with Crippen LogP contribution in [0.15, 0.2) is 54.6 Å². The van der Waals surface area contributed by atoms with Crippen LogP contribution >= 0.6 is 7.60 Å². The van der Waals surface area contributed by atoms with Crippen molar-refractivity contribution in [3.8, 4) is 5.75 Å². The molecule has 0 saturated heterocycles. The zero-order valence-electron chi connectivity index (χ0n) is 15.7. The molecule has 0 radical (unpaired) electrons. The van der Waals surface area contributed by atoms with E-state index in [1.165, 1.54) is 6.07 Å². The molecule has 2 rings (SSSR count). The van der Waals surface area contributed by atoms with Crippen molar-refractivity contribution in [3.63, 3.8) is 0 Å². The molecule has 0 saturated carbocycles. The number of hydrogen-bond donors (Lipinski definition) is 1. The van der Waals surface area contributed by atoms with Gasteiger partial charge in [-0.1, -0.05) is 36.4 Å². The van der Waals surface area contributed by atoms with Crippen molar-refractivity contribution in [2.24, 2.45) is 0 Å². The normalized spacial score (nSPS) is 11.3. The van der Waals surface area contributed by atoms with Crippen LogP contribution in [0.25, 0.3) is 0 Å². The van der Waals surface area contributed by atoms with E-state index in [0.717, 1.165) is 5.56 Å². The quantitative estimate of drug-likeness (QED) is 0.600. The highest BCUT2D eigenvalue weighted by Crippen LogP contribution is 2.48. The van der Waals surface area contributed by atoms with Gasteiger partial charge >= 0.3 is 7.60 Å². The largest absolute Gasteiger partial charge is 0.508 e. The number of anilines is 1. The lowest BCUT2D eigenvalue weighted by Gasteiger charge is -2.24. The molecular weight excluding hydrogens is 365 g/mol. The lowest BCUT2D eigenvalue weighted by Crippen LogP contribution is -2.31. The molecule has 0 fully saturated rings. The van der Waals surface area contributed by atoms with E-state index in [1.54, 1.807) is 36.9 Å². The lowest BCUT2D eigenvalue weighted by molar-refractivity contribution is -0.118. The van der Waals surface area contributed by atoms with Crippen molar-refractivity contribution in [2.45, 2.75) is 26.8 Å². The molecule has 0 aliphatic carbocycles. The highest BCUT2D eigenvalue weighted by molar-refractivity contribution is 7.53. The lowest BCUT2D eigenvalue weighted by atomic mass is 10.2. The summed E-state index contributed by atoms with van der Waals surface area (Å²) >= 11 is 0. The maximum absolute atomic E-state index is 12.9. The third kappa shape index (κ3) is 6.51. The molecule has 2 aromatic rings. The number of hydrogen-bond acceptors (Lipinski definition) is 5. The SMILES string of the molecule is CCOP(=O)(CCC(=O)N(Cc1ccccc1)c1cccc(O)c1)OCC. The first-order valence-corrected chi connectivity index (χ1v) is 10.7. The molecule has 2 aromatic carbocycles. The number of carbonyl (C=O) groups is 1. The minimum atomic E-state index is -3.29. The van der Waals surface area contributed by atoms with Crippen LogP contribution in [-0.2, 0) is 25.0 Å². The van der Waals surface area contributed by atoms with E-state index < -0.39 is 7.60 Å². The number of rotatable bonds is 10. The molecule has 0 heterocycles. The summed E-state index contributed by atoms with van der Waals surface area (Å²) in [5.74, 6) is -0.142. The van der Waals surface area contributed by atoms with Crippen LogP contribution in [-0.4, -0.2) is 30.4 Å². The second-order valence-electron chi connectivity index (χ2n) is 5.91. The summed E-state index contributed by atoms with van der Waals surface area (Å²) in [4.78, 5) is 14.5. The summed E-state index contributed by atoms with van der Waals surface area (Å²) in [5, 5.41) is 9.79. The van der Waals surface area contributed by atoms with Crippen molar-refractivity contribution in [1.29, 1.82) is 0 Å². The van der Waals surface area contributed by atoms with Crippen LogP contribution in [0.1, 0.15) is 25.8 Å². The van der Waals surface area contributed by atoms with Crippen molar-refractivity contribution < 1.29 is 23.5 Å². The third-order valence-corrected chi connectivity index (χ3v) is 5.95. The van der Waals surface area contributed by atoms with Crippen molar-refractivity contribution >= 4 is 19.2 Å². The minimum Gasteiger partial charge on any atom is -0.508 e. The Labute approximate surface area is 160 Å². The molecule has 0 bridgehead atoms. The fourth-order valence-electron chi connectivity index (χ4n) is 2.68. The first kappa shape index (κ1) is 21.2. The molecule has 0 spiro atoms. The minimum absolute atomic E-state index is 0.0115. The van der Waals surface area contributed by atoms with E-state index in [2.05, 4.69) is 0 Å². The Bertz CT molecular complexity index is 771. The summed E-state index contributed by atoms with van der Waals surface area (Å²) in [5.41, 5.74) is 1.53. The van der Waals surface area contributed by atoms with E-state index in [-0.39, 0.29) is 37.5 Å². The Morgan fingerprint density at radius 3 is 2.30 bits per heavy atom. The van der Waals surface area contributed by atoms with Crippen LogP contribution < -0.4 is 4.90 Å². The average Bonchev–Trinajstić information content (AvgIpc) is 2.65. The Balaban J connectivity index is 2.19. The van der Waals surface area contributed by atoms with E-state index >= 15 is 0 Å². The number of amides is 1. The van der Waals surface area contributed by atoms with Gasteiger partial charge in [0.2, 0.25) is 5.91 Å². The van der Waals surface area contributed by atoms with Gasteiger partial charge in [0.1, 0.15) is 5.75 Å². The van der Waals surface area contributed by atoms with E-state index in [0.29, 0.717) is 12.2 Å². The van der Waals surface area contributed by atoms with Gasteiger partial charge in [0.05, 0.1) is 25.9 Å². The van der Waals surface area contributed by atoms with Crippen LogP contribution in [0.5, 0.6) is 5.75 Å². The number of aromatic hydroxyl groups is 1. The van der Waals surface area contributed by atoms with Gasteiger partial charge < -0.3 is 19.1 Å². The predicted octanol–water partition coefficient (Wildman–Crippen LogP) is 4.58. The van der Waals surface area contributed by atoms with Gasteiger partial charge in [-0.3, -0.25) is 9.36 Å². The Morgan fingerprint density at radius 1 is 1.04 bits per heavy atom. The van der Waals surface area contributed by atoms with Crippen molar-refractivity contribution in [2.75, 3.05) is 24.3 Å². The predicted molar refractivity (Wildman–Crippen MR) is 106 cm³/mol. The molecule has 0 unspecified atom stereocenters. The molecule has 0 atom stereocenters. The number of nitrogens with zero attached hydrogens (tertiary/aromatic N) is 1. The summed E-state index contributed by atoms with van der Waals surface area (Å²) in [6.07, 6.45) is 0.0252. The Hall–Kier alpha value is -2.14. The van der Waals surface area contributed by atoms with Gasteiger partial charge in [-0.2, -0.15) is 0 Å². The Morgan fingerprint density at radius 2 is 1.70 bits per heavy atom. The van der Waals surface area contributed by atoms with E-state index in [1.807, 2.05) is 30.3 Å². The first-order chi connectivity index (χ1) is 13.0. The van der Waals surface area contributed by atoms with Crippen LogP contribution in [0, 0.1) is 0 Å². The van der Waals surface area contributed by atoms with Crippen LogP contribution in [0.3, 0.4) is 0 Å². The summed E-state index contributed by atoms with van der Waals surface area (Å²) in [7, 11) is -3.29. The average molecular weight is 391 g/mol. The molecule has 0 aromatic heterocycles. The second kappa shape index (κ2) is 10.3. The zero-order chi connectivity index (χ0) is 19.7. The van der Waals surface area contributed by atoms with Crippen LogP contribution in [0.4, 0.5) is 5.69 Å². The van der Waals surface area contributed by atoms with Gasteiger partial charge in [-0.15, -0.1) is 0 Å². The van der Waals surface area contributed by atoms with Gasteiger partial charge in [-0.25, -0.2) is 0 Å². The summed E-state index contributed by atoms with van der Waals surface area (Å²) < 4.78 is 23.2. The third-order valence-electron chi connectivity index (χ3n) is 3.88. The number of phenolic OH excluding ortho intramolecular Hbond substituents is 1. The number of carbonyl (C=O) groups excluding carboxylic acids is 1. The van der Waals surface area contributed by atoms with Crippen molar-refractivity contribution in [3.05, 3.63) is 60.2 Å². The molecule has 1 amide bonds. The fraction of sp³-hybridized carbons (Fsp3) is 0.350. The molecular formula is C20H26NO5P. The monoisotopic (exact) mass is 391 g/mol. The topological polar surface area (TPSA) is 76.1 Å². The van der Waals surface area contributed by atoms with E-state index in [4.69, 9.17) is 9.05 Å². The molecule has 7 heteroatoms. The van der Waals surface area contributed by atoms with Crippen LogP contribution in [0.2, 0.25) is 0 Å². The maximum Gasteiger partial charge on any atom is 0.331 e. The van der Waals surface area contributed by atoms with E-state index in [9.17, 15) is 14.5 Å². The number of benzene rings is 2. The van der Waals surface area contributed by atoms with Gasteiger partial charge in [0.15, 0.2) is 0 Å². The first-order valence-electron chi connectivity index (χ1n) is 8.99. The number of phenols is 1. The fourth-order valence-corrected chi connectivity index (χ4v) is 4.26. The zero-order valence-corrected chi connectivity index (χ0v) is 16.6. The summed E-state index contributed by atoms with van der Waals surface area (Å²) in [6, 6.07) is 16.1. The molecule has 0 aliphatic rings. The maximum atomic E-state index is 12.9. The molecule has 146 valence electrons.